The Morgan fingerprint density at radius 1 is 1.20 bits per heavy atom. The lowest BCUT2D eigenvalue weighted by molar-refractivity contribution is 0.422. The Kier molecular flexibility index (Phi) is 5.44. The molecular formula is C17H22BrNO. The molecule has 0 aliphatic rings. The van der Waals surface area contributed by atoms with Gasteiger partial charge in [-0.2, -0.15) is 0 Å². The molecule has 0 aliphatic heterocycles. The van der Waals surface area contributed by atoms with Crippen LogP contribution in [0.3, 0.4) is 0 Å². The lowest BCUT2D eigenvalue weighted by atomic mass is 10.0. The van der Waals surface area contributed by atoms with Crippen LogP contribution in [0.15, 0.2) is 39.2 Å². The molecule has 0 aliphatic carbocycles. The Bertz CT molecular complexity index is 562. The maximum absolute atomic E-state index is 5.94. The first kappa shape index (κ1) is 15.3. The molecule has 20 heavy (non-hydrogen) atoms. The van der Waals surface area contributed by atoms with Crippen LogP contribution in [0.25, 0.3) is 0 Å². The lowest BCUT2D eigenvalue weighted by Crippen LogP contribution is -2.22. The van der Waals surface area contributed by atoms with Crippen LogP contribution in [0.1, 0.15) is 49.0 Å². The van der Waals surface area contributed by atoms with Crippen molar-refractivity contribution < 1.29 is 4.42 Å². The van der Waals surface area contributed by atoms with Gasteiger partial charge in [-0.15, -0.1) is 0 Å². The Morgan fingerprint density at radius 2 is 2.00 bits per heavy atom. The van der Waals surface area contributed by atoms with E-state index in [-0.39, 0.29) is 6.04 Å². The Balaban J connectivity index is 2.32. The van der Waals surface area contributed by atoms with Gasteiger partial charge in [-0.05, 0) is 49.2 Å². The van der Waals surface area contributed by atoms with Crippen molar-refractivity contribution >= 4 is 15.9 Å². The molecule has 0 fully saturated rings. The third-order valence-electron chi connectivity index (χ3n) is 3.44. The van der Waals surface area contributed by atoms with Crippen LogP contribution in [0.5, 0.6) is 0 Å². The van der Waals surface area contributed by atoms with E-state index in [1.807, 2.05) is 0 Å². The van der Waals surface area contributed by atoms with Crippen LogP contribution in [0, 0.1) is 6.92 Å². The van der Waals surface area contributed by atoms with Crippen LogP contribution in [0.4, 0.5) is 0 Å². The highest BCUT2D eigenvalue weighted by Gasteiger charge is 2.17. The van der Waals surface area contributed by atoms with Gasteiger partial charge in [-0.1, -0.05) is 41.9 Å². The van der Waals surface area contributed by atoms with E-state index in [0.29, 0.717) is 0 Å². The average Bonchev–Trinajstić information content (AvgIpc) is 2.92. The van der Waals surface area contributed by atoms with Gasteiger partial charge >= 0.3 is 0 Å². The molecule has 1 N–H and O–H groups in total. The summed E-state index contributed by atoms with van der Waals surface area (Å²) < 4.78 is 7.08. The van der Waals surface area contributed by atoms with Crippen molar-refractivity contribution in [3.8, 4) is 0 Å². The number of furan rings is 1. The van der Waals surface area contributed by atoms with E-state index >= 15 is 0 Å². The van der Waals surface area contributed by atoms with Crippen molar-refractivity contribution in [1.29, 1.82) is 0 Å². The van der Waals surface area contributed by atoms with Crippen molar-refractivity contribution in [2.24, 2.45) is 0 Å². The van der Waals surface area contributed by atoms with Gasteiger partial charge in [0.1, 0.15) is 11.5 Å². The summed E-state index contributed by atoms with van der Waals surface area (Å²) in [5.41, 5.74) is 2.48. The molecule has 0 amide bonds. The molecule has 2 nitrogen and oxygen atoms in total. The molecule has 1 unspecified atom stereocenters. The van der Waals surface area contributed by atoms with Gasteiger partial charge in [0, 0.05) is 10.9 Å². The van der Waals surface area contributed by atoms with E-state index in [0.717, 1.165) is 35.4 Å². The fraction of sp³-hybridized carbons (Fsp3) is 0.412. The van der Waals surface area contributed by atoms with Gasteiger partial charge in [0.05, 0.1) is 6.04 Å². The van der Waals surface area contributed by atoms with Gasteiger partial charge < -0.3 is 9.73 Å². The standard InChI is InChI=1S/C17H22BrNO/c1-4-10-19-17(16-9-8-14(5-2)20-16)13-7-6-12(3)15(18)11-13/h6-9,11,17,19H,4-5,10H2,1-3H3. The second-order valence-electron chi connectivity index (χ2n) is 5.05. The van der Waals surface area contributed by atoms with Crippen molar-refractivity contribution in [2.75, 3.05) is 6.54 Å². The first-order valence-corrected chi connectivity index (χ1v) is 8.03. The van der Waals surface area contributed by atoms with Crippen LogP contribution in [0.2, 0.25) is 0 Å². The zero-order chi connectivity index (χ0) is 14.5. The molecule has 0 bridgehead atoms. The van der Waals surface area contributed by atoms with Gasteiger partial charge in [0.2, 0.25) is 0 Å². The van der Waals surface area contributed by atoms with Crippen molar-refractivity contribution in [3.63, 3.8) is 0 Å². The fourth-order valence-electron chi connectivity index (χ4n) is 2.20. The molecule has 0 saturated carbocycles. The number of aryl methyl sites for hydroxylation is 2. The van der Waals surface area contributed by atoms with Crippen molar-refractivity contribution in [2.45, 2.75) is 39.7 Å². The Labute approximate surface area is 129 Å². The van der Waals surface area contributed by atoms with Crippen LogP contribution in [-0.4, -0.2) is 6.54 Å². The highest BCUT2D eigenvalue weighted by atomic mass is 79.9. The van der Waals surface area contributed by atoms with E-state index in [2.05, 4.69) is 72.3 Å². The number of hydrogen-bond acceptors (Lipinski definition) is 2. The first-order valence-electron chi connectivity index (χ1n) is 7.23. The zero-order valence-electron chi connectivity index (χ0n) is 12.4. The maximum atomic E-state index is 5.94. The van der Waals surface area contributed by atoms with Crippen molar-refractivity contribution in [1.82, 2.24) is 5.32 Å². The summed E-state index contributed by atoms with van der Waals surface area (Å²) in [6, 6.07) is 10.8. The number of rotatable bonds is 6. The van der Waals surface area contributed by atoms with E-state index in [1.54, 1.807) is 0 Å². The summed E-state index contributed by atoms with van der Waals surface area (Å²) in [4.78, 5) is 0. The second-order valence-corrected chi connectivity index (χ2v) is 5.91. The number of nitrogens with one attached hydrogen (secondary N) is 1. The lowest BCUT2D eigenvalue weighted by Gasteiger charge is -2.17. The van der Waals surface area contributed by atoms with Gasteiger partial charge in [0.15, 0.2) is 0 Å². The molecule has 0 radical (unpaired) electrons. The van der Waals surface area contributed by atoms with E-state index in [9.17, 15) is 0 Å². The minimum Gasteiger partial charge on any atom is -0.464 e. The third-order valence-corrected chi connectivity index (χ3v) is 4.30. The van der Waals surface area contributed by atoms with Crippen LogP contribution in [-0.2, 0) is 6.42 Å². The predicted octanol–water partition coefficient (Wildman–Crippen LogP) is 5.00. The molecule has 1 heterocycles. The topological polar surface area (TPSA) is 25.2 Å². The summed E-state index contributed by atoms with van der Waals surface area (Å²) in [5, 5.41) is 3.57. The molecule has 2 aromatic rings. The number of hydrogen-bond donors (Lipinski definition) is 1. The van der Waals surface area contributed by atoms with Gasteiger partial charge in [-0.3, -0.25) is 0 Å². The molecule has 0 saturated heterocycles. The van der Waals surface area contributed by atoms with Crippen LogP contribution >= 0.6 is 15.9 Å². The minimum atomic E-state index is 0.118. The van der Waals surface area contributed by atoms with Crippen LogP contribution < -0.4 is 5.32 Å². The summed E-state index contributed by atoms with van der Waals surface area (Å²) in [6.45, 7) is 7.36. The second kappa shape index (κ2) is 7.09. The summed E-state index contributed by atoms with van der Waals surface area (Å²) in [7, 11) is 0. The highest BCUT2D eigenvalue weighted by Crippen LogP contribution is 2.28. The summed E-state index contributed by atoms with van der Waals surface area (Å²) in [5.74, 6) is 2.03. The van der Waals surface area contributed by atoms with E-state index in [1.165, 1.54) is 11.1 Å². The normalized spacial score (nSPS) is 12.6. The predicted molar refractivity (Wildman–Crippen MR) is 87.1 cm³/mol. The molecule has 2 rings (SSSR count). The Hall–Kier alpha value is -1.06. The minimum absolute atomic E-state index is 0.118. The molecule has 0 spiro atoms. The average molecular weight is 336 g/mol. The molecule has 108 valence electrons. The molecule has 1 aromatic heterocycles. The zero-order valence-corrected chi connectivity index (χ0v) is 14.0. The largest absolute Gasteiger partial charge is 0.464 e. The molecule has 1 aromatic carbocycles. The third kappa shape index (κ3) is 3.53. The fourth-order valence-corrected chi connectivity index (χ4v) is 2.60. The Morgan fingerprint density at radius 3 is 2.60 bits per heavy atom. The smallest absolute Gasteiger partial charge is 0.125 e. The monoisotopic (exact) mass is 335 g/mol. The highest BCUT2D eigenvalue weighted by molar-refractivity contribution is 9.10. The first-order chi connectivity index (χ1) is 9.65. The van der Waals surface area contributed by atoms with Crippen molar-refractivity contribution in [3.05, 3.63) is 57.5 Å². The number of benzene rings is 1. The number of halogens is 1. The molecule has 3 heteroatoms. The molecular weight excluding hydrogens is 314 g/mol. The maximum Gasteiger partial charge on any atom is 0.125 e. The van der Waals surface area contributed by atoms with Gasteiger partial charge in [0.25, 0.3) is 0 Å². The quantitative estimate of drug-likeness (QED) is 0.803. The SMILES string of the molecule is CCCNC(c1ccc(C)c(Br)c1)c1ccc(CC)o1. The summed E-state index contributed by atoms with van der Waals surface area (Å²) >= 11 is 3.62. The molecule has 1 atom stereocenters. The van der Waals surface area contributed by atoms with E-state index < -0.39 is 0 Å². The van der Waals surface area contributed by atoms with E-state index in [4.69, 9.17) is 4.42 Å². The summed E-state index contributed by atoms with van der Waals surface area (Å²) in [6.07, 6.45) is 2.03. The van der Waals surface area contributed by atoms with Gasteiger partial charge in [-0.25, -0.2) is 0 Å².